The molecule has 0 aromatic rings. The number of rotatable bonds is 4. The molecule has 0 aromatic heterocycles. The summed E-state index contributed by atoms with van der Waals surface area (Å²) in [5.41, 5.74) is -0.0824. The number of piperidine rings is 1. The van der Waals surface area contributed by atoms with E-state index in [0.717, 1.165) is 19.3 Å². The van der Waals surface area contributed by atoms with E-state index in [2.05, 4.69) is 0 Å². The zero-order valence-corrected chi connectivity index (χ0v) is 13.3. The summed E-state index contributed by atoms with van der Waals surface area (Å²) in [5.74, 6) is -0.799. The summed E-state index contributed by atoms with van der Waals surface area (Å²) in [6.45, 7) is 1.96. The summed E-state index contributed by atoms with van der Waals surface area (Å²) < 4.78 is 24.8. The first-order valence-corrected chi connectivity index (χ1v) is 9.43. The number of amides is 1. The highest BCUT2D eigenvalue weighted by Crippen LogP contribution is 2.59. The fourth-order valence-electron chi connectivity index (χ4n) is 3.77. The van der Waals surface area contributed by atoms with Crippen molar-refractivity contribution in [2.75, 3.05) is 31.9 Å². The van der Waals surface area contributed by atoms with E-state index in [1.807, 2.05) is 0 Å². The van der Waals surface area contributed by atoms with E-state index in [9.17, 15) is 18.0 Å². The molecule has 0 aromatic carbocycles. The largest absolute Gasteiger partial charge is 0.481 e. The van der Waals surface area contributed by atoms with E-state index in [1.54, 1.807) is 4.90 Å². The van der Waals surface area contributed by atoms with Gasteiger partial charge in [-0.1, -0.05) is 0 Å². The third-order valence-corrected chi connectivity index (χ3v) is 7.33. The van der Waals surface area contributed by atoms with Gasteiger partial charge in [-0.15, -0.1) is 0 Å². The molecule has 8 heteroatoms. The van der Waals surface area contributed by atoms with Crippen molar-refractivity contribution in [1.29, 1.82) is 0 Å². The van der Waals surface area contributed by atoms with Crippen LogP contribution in [0.15, 0.2) is 0 Å². The van der Waals surface area contributed by atoms with Crippen molar-refractivity contribution in [3.63, 3.8) is 0 Å². The Bertz CT molecular complexity index is 580. The van der Waals surface area contributed by atoms with Gasteiger partial charge in [0, 0.05) is 32.6 Å². The van der Waals surface area contributed by atoms with E-state index in [0.29, 0.717) is 26.1 Å². The van der Waals surface area contributed by atoms with Crippen LogP contribution in [0, 0.1) is 11.3 Å². The predicted molar refractivity (Wildman–Crippen MR) is 78.6 cm³/mol. The van der Waals surface area contributed by atoms with E-state index >= 15 is 0 Å². The third kappa shape index (κ3) is 2.86. The highest BCUT2D eigenvalue weighted by molar-refractivity contribution is 7.89. The second-order valence-electron chi connectivity index (χ2n) is 6.66. The van der Waals surface area contributed by atoms with Crippen LogP contribution < -0.4 is 0 Å². The zero-order valence-electron chi connectivity index (χ0n) is 12.5. The SMILES string of the molecule is O=C(O)C1CC12CCN(C(=O)CCN1CCCS1(=O)=O)CC2. The summed E-state index contributed by atoms with van der Waals surface area (Å²) in [7, 11) is -3.14. The Morgan fingerprint density at radius 3 is 2.36 bits per heavy atom. The number of carboxylic acids is 1. The lowest BCUT2D eigenvalue weighted by atomic mass is 9.90. The van der Waals surface area contributed by atoms with Crippen LogP contribution in [0.4, 0.5) is 0 Å². The third-order valence-electron chi connectivity index (χ3n) is 5.38. The predicted octanol–water partition coefficient (Wildman–Crippen LogP) is 0.125. The molecule has 3 fully saturated rings. The fourth-order valence-corrected chi connectivity index (χ4v) is 5.30. The maximum atomic E-state index is 12.2. The number of sulfonamides is 1. The number of carbonyl (C=O) groups is 2. The molecule has 3 aliphatic rings. The Morgan fingerprint density at radius 1 is 1.18 bits per heavy atom. The van der Waals surface area contributed by atoms with Crippen molar-refractivity contribution in [3.05, 3.63) is 0 Å². The van der Waals surface area contributed by atoms with Crippen molar-refractivity contribution < 1.29 is 23.1 Å². The van der Waals surface area contributed by atoms with Crippen LogP contribution >= 0.6 is 0 Å². The number of carbonyl (C=O) groups excluding carboxylic acids is 1. The van der Waals surface area contributed by atoms with Gasteiger partial charge >= 0.3 is 5.97 Å². The van der Waals surface area contributed by atoms with Crippen molar-refractivity contribution in [2.24, 2.45) is 11.3 Å². The molecule has 22 heavy (non-hydrogen) atoms. The van der Waals surface area contributed by atoms with E-state index in [4.69, 9.17) is 5.11 Å². The van der Waals surface area contributed by atoms with Gasteiger partial charge < -0.3 is 10.0 Å². The van der Waals surface area contributed by atoms with Crippen molar-refractivity contribution in [1.82, 2.24) is 9.21 Å². The smallest absolute Gasteiger partial charge is 0.307 e. The van der Waals surface area contributed by atoms with Gasteiger partial charge in [0.1, 0.15) is 0 Å². The lowest BCUT2D eigenvalue weighted by Crippen LogP contribution is -2.41. The minimum absolute atomic E-state index is 0.0236. The number of likely N-dealkylation sites (tertiary alicyclic amines) is 1. The van der Waals surface area contributed by atoms with Crippen LogP contribution in [-0.2, 0) is 19.6 Å². The normalized spacial score (nSPS) is 29.6. The highest BCUT2D eigenvalue weighted by Gasteiger charge is 2.59. The van der Waals surface area contributed by atoms with E-state index in [-0.39, 0.29) is 36.0 Å². The van der Waals surface area contributed by atoms with Crippen LogP contribution in [0.1, 0.15) is 32.1 Å². The Kier molecular flexibility index (Phi) is 3.92. The van der Waals surface area contributed by atoms with Crippen LogP contribution in [0.25, 0.3) is 0 Å². The number of hydrogen-bond acceptors (Lipinski definition) is 4. The summed E-state index contributed by atoms with van der Waals surface area (Å²) in [6, 6.07) is 0. The minimum Gasteiger partial charge on any atom is -0.481 e. The standard InChI is InChI=1S/C14H22N2O5S/c17-12(2-6-16-5-1-9-22(16,20)21)15-7-3-14(4-8-15)10-11(14)13(18)19/h11H,1-10H2,(H,18,19). The maximum Gasteiger partial charge on any atom is 0.307 e. The first-order chi connectivity index (χ1) is 10.3. The van der Waals surface area contributed by atoms with E-state index in [1.165, 1.54) is 4.31 Å². The number of nitrogens with zero attached hydrogens (tertiary/aromatic N) is 2. The minimum atomic E-state index is -3.14. The molecular weight excluding hydrogens is 308 g/mol. The molecule has 1 atom stereocenters. The summed E-state index contributed by atoms with van der Waals surface area (Å²) in [5, 5.41) is 9.06. The Labute approximate surface area is 130 Å². The van der Waals surface area contributed by atoms with Gasteiger partial charge in [0.05, 0.1) is 11.7 Å². The molecular formula is C14H22N2O5S. The average molecular weight is 330 g/mol. The second kappa shape index (κ2) is 5.49. The molecule has 124 valence electrons. The molecule has 1 N–H and O–H groups in total. The second-order valence-corrected chi connectivity index (χ2v) is 8.75. The molecule has 2 aliphatic heterocycles. The maximum absolute atomic E-state index is 12.2. The van der Waals surface area contributed by atoms with Gasteiger partial charge in [0.25, 0.3) is 0 Å². The number of aliphatic carboxylic acids is 1. The average Bonchev–Trinajstić information content (AvgIpc) is 3.05. The molecule has 1 saturated carbocycles. The summed E-state index contributed by atoms with van der Waals surface area (Å²) >= 11 is 0. The van der Waals surface area contributed by atoms with Gasteiger partial charge in [-0.2, -0.15) is 0 Å². The molecule has 0 bridgehead atoms. The van der Waals surface area contributed by atoms with Crippen LogP contribution in [-0.4, -0.2) is 66.5 Å². The molecule has 2 saturated heterocycles. The molecule has 1 amide bonds. The first kappa shape index (κ1) is 15.7. The lowest BCUT2D eigenvalue weighted by molar-refractivity contribution is -0.139. The van der Waals surface area contributed by atoms with Crippen LogP contribution in [0.2, 0.25) is 0 Å². The number of hydrogen-bond donors (Lipinski definition) is 1. The fraction of sp³-hybridized carbons (Fsp3) is 0.857. The van der Waals surface area contributed by atoms with Crippen molar-refractivity contribution >= 4 is 21.9 Å². The van der Waals surface area contributed by atoms with Gasteiger partial charge in [0.15, 0.2) is 0 Å². The van der Waals surface area contributed by atoms with Gasteiger partial charge in [-0.3, -0.25) is 9.59 Å². The quantitative estimate of drug-likeness (QED) is 0.790. The monoisotopic (exact) mass is 330 g/mol. The molecule has 1 aliphatic carbocycles. The van der Waals surface area contributed by atoms with E-state index < -0.39 is 16.0 Å². The topological polar surface area (TPSA) is 95.0 Å². The molecule has 1 spiro atoms. The zero-order chi connectivity index (χ0) is 16.0. The van der Waals surface area contributed by atoms with Gasteiger partial charge in [0.2, 0.25) is 15.9 Å². The molecule has 7 nitrogen and oxygen atoms in total. The first-order valence-electron chi connectivity index (χ1n) is 7.82. The van der Waals surface area contributed by atoms with Gasteiger partial charge in [-0.05, 0) is 31.1 Å². The molecule has 1 unspecified atom stereocenters. The van der Waals surface area contributed by atoms with Crippen molar-refractivity contribution in [2.45, 2.75) is 32.1 Å². The molecule has 3 rings (SSSR count). The Balaban J connectivity index is 1.46. The molecule has 2 heterocycles. The highest BCUT2D eigenvalue weighted by atomic mass is 32.2. The van der Waals surface area contributed by atoms with Crippen LogP contribution in [0.3, 0.4) is 0 Å². The van der Waals surface area contributed by atoms with Gasteiger partial charge in [-0.25, -0.2) is 12.7 Å². The van der Waals surface area contributed by atoms with Crippen molar-refractivity contribution in [3.8, 4) is 0 Å². The Morgan fingerprint density at radius 2 is 1.86 bits per heavy atom. The summed E-state index contributed by atoms with van der Waals surface area (Å²) in [6.07, 6.45) is 3.08. The summed E-state index contributed by atoms with van der Waals surface area (Å²) in [4.78, 5) is 25.0. The lowest BCUT2D eigenvalue weighted by Gasteiger charge is -2.33. The Hall–Kier alpha value is -1.15. The molecule has 0 radical (unpaired) electrons. The van der Waals surface area contributed by atoms with Crippen LogP contribution in [0.5, 0.6) is 0 Å². The number of carboxylic acid groups (broad SMARTS) is 1.